The van der Waals surface area contributed by atoms with Crippen molar-refractivity contribution in [1.29, 1.82) is 0 Å². The maximum absolute atomic E-state index is 10.2. The number of nitrogens with two attached hydrogens (primary N) is 1. The van der Waals surface area contributed by atoms with E-state index >= 15 is 0 Å². The lowest BCUT2D eigenvalue weighted by atomic mass is 10.3. The molecule has 1 amide bonds. The minimum atomic E-state index is -0.515. The third-order valence-corrected chi connectivity index (χ3v) is 0.737. The molecule has 0 aliphatic rings. The van der Waals surface area contributed by atoms with E-state index in [0.717, 1.165) is 0 Å². The number of primary amides is 1. The summed E-state index contributed by atoms with van der Waals surface area (Å²) >= 11 is 0. The Kier molecular flexibility index (Phi) is 1.04. The lowest BCUT2D eigenvalue weighted by molar-refractivity contribution is 0.0999. The van der Waals surface area contributed by atoms with E-state index in [1.54, 1.807) is 0 Å². The van der Waals surface area contributed by atoms with Crippen LogP contribution in [0.15, 0.2) is 16.7 Å². The van der Waals surface area contributed by atoms with Crippen LogP contribution in [0.4, 0.5) is 0 Å². The molecule has 0 aliphatic heterocycles. The van der Waals surface area contributed by atoms with E-state index in [4.69, 9.17) is 5.73 Å². The van der Waals surface area contributed by atoms with Crippen LogP contribution < -0.4 is 5.73 Å². The van der Waals surface area contributed by atoms with Crippen LogP contribution >= 0.6 is 0 Å². The minimum Gasteiger partial charge on any atom is -0.460 e. The zero-order chi connectivity index (χ0) is 5.98. The molecule has 1 aromatic rings. The van der Waals surface area contributed by atoms with Crippen molar-refractivity contribution in [2.24, 2.45) is 5.73 Å². The summed E-state index contributed by atoms with van der Waals surface area (Å²) < 4.78 is 4.45. The standard InChI is InChI=1S/C5H4NO2/c6-5(7)4-1-2-8-3-4/h1-2H,(H2,6,7). The molecule has 0 spiro atoms. The second kappa shape index (κ2) is 1.69. The highest BCUT2D eigenvalue weighted by Gasteiger charge is 1.98. The fraction of sp³-hybridized carbons (Fsp3) is 0. The number of amides is 1. The molecule has 3 nitrogen and oxygen atoms in total. The summed E-state index contributed by atoms with van der Waals surface area (Å²) in [5.74, 6) is -0.515. The molecule has 1 heterocycles. The molecule has 8 heavy (non-hydrogen) atoms. The van der Waals surface area contributed by atoms with E-state index in [2.05, 4.69) is 10.7 Å². The predicted octanol–water partition coefficient (Wildman–Crippen LogP) is 0.179. The van der Waals surface area contributed by atoms with Gasteiger partial charge in [-0.25, -0.2) is 0 Å². The molecule has 0 atom stereocenters. The highest BCUT2D eigenvalue weighted by atomic mass is 16.3. The monoisotopic (exact) mass is 110 g/mol. The average molecular weight is 110 g/mol. The smallest absolute Gasteiger partial charge is 0.252 e. The van der Waals surface area contributed by atoms with Gasteiger partial charge in [0.2, 0.25) is 0 Å². The van der Waals surface area contributed by atoms with Crippen LogP contribution in [0.25, 0.3) is 0 Å². The van der Waals surface area contributed by atoms with Crippen LogP contribution in [0, 0.1) is 6.26 Å². The van der Waals surface area contributed by atoms with Gasteiger partial charge in [-0.15, -0.1) is 0 Å². The van der Waals surface area contributed by atoms with Crippen molar-refractivity contribution in [3.05, 3.63) is 24.2 Å². The van der Waals surface area contributed by atoms with Crippen molar-refractivity contribution in [1.82, 2.24) is 0 Å². The Bertz CT molecular complexity index is 178. The quantitative estimate of drug-likeness (QED) is 0.560. The maximum atomic E-state index is 10.2. The lowest BCUT2D eigenvalue weighted by Gasteiger charge is -1.77. The molecule has 41 valence electrons. The third kappa shape index (κ3) is 0.703. The summed E-state index contributed by atoms with van der Waals surface area (Å²) in [5, 5.41) is 0. The summed E-state index contributed by atoms with van der Waals surface area (Å²) in [7, 11) is 0. The summed E-state index contributed by atoms with van der Waals surface area (Å²) in [6.07, 6.45) is 3.63. The first-order chi connectivity index (χ1) is 3.80. The van der Waals surface area contributed by atoms with Crippen LogP contribution in [-0.4, -0.2) is 5.91 Å². The predicted molar refractivity (Wildman–Crippen MR) is 26.1 cm³/mol. The fourth-order valence-corrected chi connectivity index (χ4v) is 0.366. The molecule has 2 N–H and O–H groups in total. The van der Waals surface area contributed by atoms with Gasteiger partial charge in [0.15, 0.2) is 6.26 Å². The largest absolute Gasteiger partial charge is 0.460 e. The van der Waals surface area contributed by atoms with Gasteiger partial charge in [-0.3, -0.25) is 4.79 Å². The highest BCUT2D eigenvalue weighted by molar-refractivity contribution is 5.91. The Morgan fingerprint density at radius 3 is 2.88 bits per heavy atom. The first-order valence-electron chi connectivity index (χ1n) is 2.05. The molecule has 1 rings (SSSR count). The van der Waals surface area contributed by atoms with Gasteiger partial charge >= 0.3 is 0 Å². The molecule has 0 fully saturated rings. The van der Waals surface area contributed by atoms with Crippen molar-refractivity contribution >= 4 is 5.91 Å². The SMILES string of the molecule is NC(=O)c1[c]occ1. The van der Waals surface area contributed by atoms with Gasteiger partial charge in [0.25, 0.3) is 5.91 Å². The van der Waals surface area contributed by atoms with Gasteiger partial charge in [-0.1, -0.05) is 0 Å². The van der Waals surface area contributed by atoms with E-state index in [9.17, 15) is 4.79 Å². The van der Waals surface area contributed by atoms with Crippen molar-refractivity contribution in [2.75, 3.05) is 0 Å². The van der Waals surface area contributed by atoms with E-state index in [0.29, 0.717) is 0 Å². The zero-order valence-corrected chi connectivity index (χ0v) is 4.05. The molecule has 0 saturated carbocycles. The number of furan rings is 1. The second-order valence-corrected chi connectivity index (χ2v) is 1.30. The third-order valence-electron chi connectivity index (χ3n) is 0.737. The zero-order valence-electron chi connectivity index (χ0n) is 4.05. The molecule has 0 bridgehead atoms. The summed E-state index contributed by atoms with van der Waals surface area (Å²) in [6.45, 7) is 0. The Morgan fingerprint density at radius 2 is 2.62 bits per heavy atom. The number of hydrogen-bond donors (Lipinski definition) is 1. The first-order valence-corrected chi connectivity index (χ1v) is 2.05. The van der Waals surface area contributed by atoms with Crippen LogP contribution in [0.3, 0.4) is 0 Å². The minimum absolute atomic E-state index is 0.282. The van der Waals surface area contributed by atoms with Gasteiger partial charge < -0.3 is 10.2 Å². The molecule has 0 aromatic carbocycles. The van der Waals surface area contributed by atoms with E-state index in [1.165, 1.54) is 12.3 Å². The Balaban J connectivity index is 2.93. The van der Waals surface area contributed by atoms with Gasteiger partial charge in [-0.2, -0.15) is 0 Å². The number of hydrogen-bond acceptors (Lipinski definition) is 2. The van der Waals surface area contributed by atoms with E-state index < -0.39 is 5.91 Å². The summed E-state index contributed by atoms with van der Waals surface area (Å²) in [5.41, 5.74) is 5.11. The van der Waals surface area contributed by atoms with Crippen molar-refractivity contribution < 1.29 is 9.21 Å². The van der Waals surface area contributed by atoms with Crippen LogP contribution in [0.2, 0.25) is 0 Å². The van der Waals surface area contributed by atoms with Crippen LogP contribution in [-0.2, 0) is 0 Å². The molecular weight excluding hydrogens is 106 g/mol. The Labute approximate surface area is 46.1 Å². The van der Waals surface area contributed by atoms with Crippen molar-refractivity contribution in [3.8, 4) is 0 Å². The van der Waals surface area contributed by atoms with E-state index in [-0.39, 0.29) is 5.56 Å². The molecular formula is C5H4NO2. The molecule has 1 radical (unpaired) electrons. The summed E-state index contributed by atoms with van der Waals surface area (Å²) in [4.78, 5) is 10.2. The molecule has 0 unspecified atom stereocenters. The van der Waals surface area contributed by atoms with E-state index in [1.807, 2.05) is 0 Å². The first kappa shape index (κ1) is 4.90. The lowest BCUT2D eigenvalue weighted by Crippen LogP contribution is -2.09. The Hall–Kier alpha value is -1.25. The van der Waals surface area contributed by atoms with Gasteiger partial charge in [0, 0.05) is 0 Å². The molecule has 0 saturated heterocycles. The van der Waals surface area contributed by atoms with Crippen LogP contribution in [0.5, 0.6) is 0 Å². The molecule has 0 aliphatic carbocycles. The fourth-order valence-electron chi connectivity index (χ4n) is 0.366. The number of carbonyl (C=O) groups is 1. The van der Waals surface area contributed by atoms with Crippen molar-refractivity contribution in [2.45, 2.75) is 0 Å². The van der Waals surface area contributed by atoms with Crippen molar-refractivity contribution in [3.63, 3.8) is 0 Å². The molecule has 1 aromatic heterocycles. The average Bonchev–Trinajstić information content (AvgIpc) is 2.12. The highest BCUT2D eigenvalue weighted by Crippen LogP contribution is 1.94. The van der Waals surface area contributed by atoms with Gasteiger partial charge in [0.05, 0.1) is 11.8 Å². The normalized spacial score (nSPS) is 9.00. The maximum Gasteiger partial charge on any atom is 0.252 e. The van der Waals surface area contributed by atoms with Gasteiger partial charge in [-0.05, 0) is 6.07 Å². The molecule has 3 heteroatoms. The number of rotatable bonds is 1. The van der Waals surface area contributed by atoms with Gasteiger partial charge in [0.1, 0.15) is 0 Å². The summed E-state index contributed by atoms with van der Waals surface area (Å²) in [6, 6.07) is 1.46. The second-order valence-electron chi connectivity index (χ2n) is 1.30. The topological polar surface area (TPSA) is 56.2 Å². The number of carbonyl (C=O) groups excluding carboxylic acids is 1. The van der Waals surface area contributed by atoms with Crippen LogP contribution in [0.1, 0.15) is 10.4 Å². The Morgan fingerprint density at radius 1 is 1.88 bits per heavy atom.